The highest BCUT2D eigenvalue weighted by Crippen LogP contribution is 2.07. The Morgan fingerprint density at radius 1 is 0.568 bits per heavy atom. The fraction of sp³-hybridized carbons (Fsp3) is 0.575. The van der Waals surface area contributed by atoms with Gasteiger partial charge in [-0.2, -0.15) is 0 Å². The van der Waals surface area contributed by atoms with Gasteiger partial charge in [0.1, 0.15) is 0 Å². The minimum absolute atomic E-state index is 0.141. The number of carbonyl (C=O) groups is 1. The Morgan fingerprint density at radius 3 is 1.57 bits per heavy atom. The van der Waals surface area contributed by atoms with Crippen molar-refractivity contribution < 1.29 is 15.0 Å². The van der Waals surface area contributed by atoms with E-state index in [-0.39, 0.29) is 12.5 Å². The summed E-state index contributed by atoms with van der Waals surface area (Å²) in [7, 11) is 0. The van der Waals surface area contributed by atoms with Crippen LogP contribution in [0, 0.1) is 0 Å². The van der Waals surface area contributed by atoms with Gasteiger partial charge in [0.2, 0.25) is 5.91 Å². The van der Waals surface area contributed by atoms with Crippen LogP contribution in [0.1, 0.15) is 129 Å². The molecule has 0 aromatic rings. The van der Waals surface area contributed by atoms with Crippen molar-refractivity contribution in [2.45, 2.75) is 142 Å². The Hall–Kier alpha value is -2.69. The van der Waals surface area contributed by atoms with E-state index >= 15 is 0 Å². The summed E-state index contributed by atoms with van der Waals surface area (Å²) in [6.07, 6.45) is 52.0. The van der Waals surface area contributed by atoms with Gasteiger partial charge < -0.3 is 15.5 Å². The van der Waals surface area contributed by atoms with Crippen molar-refractivity contribution in [2.75, 3.05) is 6.61 Å². The van der Waals surface area contributed by atoms with Crippen LogP contribution in [0.4, 0.5) is 0 Å². The molecule has 4 nitrogen and oxygen atoms in total. The molecule has 2 unspecified atom stereocenters. The first-order chi connectivity index (χ1) is 21.7. The number of hydrogen-bond donors (Lipinski definition) is 3. The van der Waals surface area contributed by atoms with Crippen molar-refractivity contribution in [1.29, 1.82) is 0 Å². The van der Waals surface area contributed by atoms with Crippen molar-refractivity contribution in [2.24, 2.45) is 0 Å². The fourth-order valence-electron chi connectivity index (χ4n) is 4.36. The van der Waals surface area contributed by atoms with Gasteiger partial charge in [-0.25, -0.2) is 0 Å². The number of allylic oxidation sites excluding steroid dienone is 15. The maximum Gasteiger partial charge on any atom is 0.220 e. The SMILES string of the molecule is CC/C=C\C/C=C\C/C=C\C/C=C\C/C=C\CCCC(=O)NC(CO)C(O)/C=C/CC/C=C/CC/C=C/CCCCCCC. The number of carbonyl (C=O) groups excluding carboxylic acids is 1. The fourth-order valence-corrected chi connectivity index (χ4v) is 4.36. The minimum atomic E-state index is -0.897. The second kappa shape index (κ2) is 34.8. The van der Waals surface area contributed by atoms with E-state index in [9.17, 15) is 15.0 Å². The lowest BCUT2D eigenvalue weighted by molar-refractivity contribution is -0.122. The molecule has 0 aliphatic rings. The van der Waals surface area contributed by atoms with Gasteiger partial charge in [-0.3, -0.25) is 4.79 Å². The molecule has 2 atom stereocenters. The zero-order chi connectivity index (χ0) is 32.2. The van der Waals surface area contributed by atoms with E-state index in [0.717, 1.165) is 70.6 Å². The third kappa shape index (κ3) is 30.8. The highest BCUT2D eigenvalue weighted by molar-refractivity contribution is 5.76. The van der Waals surface area contributed by atoms with Crippen molar-refractivity contribution in [3.8, 4) is 0 Å². The van der Waals surface area contributed by atoms with E-state index in [1.807, 2.05) is 6.08 Å². The quantitative estimate of drug-likeness (QED) is 0.0585. The first-order valence-electron chi connectivity index (χ1n) is 17.5. The summed E-state index contributed by atoms with van der Waals surface area (Å²) < 4.78 is 0. The highest BCUT2D eigenvalue weighted by atomic mass is 16.3. The van der Waals surface area contributed by atoms with Crippen LogP contribution in [0.3, 0.4) is 0 Å². The number of unbranched alkanes of at least 4 members (excludes halogenated alkanes) is 8. The molecule has 0 rings (SSSR count). The van der Waals surface area contributed by atoms with Crippen molar-refractivity contribution in [3.63, 3.8) is 0 Å². The largest absolute Gasteiger partial charge is 0.394 e. The Labute approximate surface area is 271 Å². The number of aliphatic hydroxyl groups is 2. The molecule has 0 aromatic carbocycles. The second-order valence-electron chi connectivity index (χ2n) is 11.2. The summed E-state index contributed by atoms with van der Waals surface area (Å²) in [4.78, 5) is 12.3. The summed E-state index contributed by atoms with van der Waals surface area (Å²) in [6, 6.07) is -0.679. The normalized spacial score (nSPS) is 14.4. The van der Waals surface area contributed by atoms with Gasteiger partial charge in [0.15, 0.2) is 0 Å². The lowest BCUT2D eigenvalue weighted by atomic mass is 10.1. The number of rotatable bonds is 29. The van der Waals surface area contributed by atoms with E-state index in [1.54, 1.807) is 6.08 Å². The monoisotopic (exact) mass is 607 g/mol. The van der Waals surface area contributed by atoms with Crippen LogP contribution >= 0.6 is 0 Å². The van der Waals surface area contributed by atoms with E-state index < -0.39 is 12.1 Å². The minimum Gasteiger partial charge on any atom is -0.394 e. The van der Waals surface area contributed by atoms with E-state index in [0.29, 0.717) is 6.42 Å². The van der Waals surface area contributed by atoms with Crippen LogP contribution in [0.15, 0.2) is 97.2 Å². The van der Waals surface area contributed by atoms with Gasteiger partial charge in [-0.1, -0.05) is 137 Å². The van der Waals surface area contributed by atoms with Gasteiger partial charge in [-0.15, -0.1) is 0 Å². The molecule has 248 valence electrons. The summed E-state index contributed by atoms with van der Waals surface area (Å²) in [5.41, 5.74) is 0. The molecule has 0 heterocycles. The van der Waals surface area contributed by atoms with Gasteiger partial charge in [0, 0.05) is 6.42 Å². The maximum absolute atomic E-state index is 12.3. The third-order valence-corrected chi connectivity index (χ3v) is 7.03. The molecule has 0 aliphatic heterocycles. The summed E-state index contributed by atoms with van der Waals surface area (Å²) in [6.45, 7) is 4.10. The molecule has 3 N–H and O–H groups in total. The summed E-state index contributed by atoms with van der Waals surface area (Å²) in [5.74, 6) is -0.141. The highest BCUT2D eigenvalue weighted by Gasteiger charge is 2.17. The lowest BCUT2D eigenvalue weighted by Gasteiger charge is -2.19. The Balaban J connectivity index is 3.89. The molecular formula is C40H65NO3. The van der Waals surface area contributed by atoms with Crippen molar-refractivity contribution in [1.82, 2.24) is 5.32 Å². The third-order valence-electron chi connectivity index (χ3n) is 7.03. The average Bonchev–Trinajstić information content (AvgIpc) is 3.03. The first-order valence-corrected chi connectivity index (χ1v) is 17.5. The Kier molecular flexibility index (Phi) is 32.7. The molecule has 0 saturated carbocycles. The molecule has 0 saturated heterocycles. The second-order valence-corrected chi connectivity index (χ2v) is 11.2. The molecule has 0 fully saturated rings. The van der Waals surface area contributed by atoms with Gasteiger partial charge in [0.25, 0.3) is 0 Å². The predicted molar refractivity (Wildman–Crippen MR) is 193 cm³/mol. The van der Waals surface area contributed by atoms with Gasteiger partial charge in [-0.05, 0) is 83.5 Å². The standard InChI is InChI=1S/C40H65NO3/c1-3-5-7-9-11-13-15-17-19-20-22-24-26-28-30-32-34-36-40(44)41-38(37-42)39(43)35-33-31-29-27-25-23-21-18-16-14-12-10-8-6-4-2/h5,7,11,13,16-19,22,24-25,27-28,30,33,35,38-39,42-43H,3-4,6,8-10,12,14-15,20-21,23,26,29,31-32,34,36-37H2,1-2H3,(H,41,44)/b7-5-,13-11-,18-16+,19-17-,24-22-,27-25+,30-28-,35-33+. The summed E-state index contributed by atoms with van der Waals surface area (Å²) in [5, 5.41) is 22.8. The van der Waals surface area contributed by atoms with E-state index in [4.69, 9.17) is 0 Å². The number of amides is 1. The van der Waals surface area contributed by atoms with Gasteiger partial charge in [0.05, 0.1) is 18.8 Å². The van der Waals surface area contributed by atoms with Crippen LogP contribution < -0.4 is 5.32 Å². The first kappa shape index (κ1) is 41.3. The molecule has 44 heavy (non-hydrogen) atoms. The van der Waals surface area contributed by atoms with Crippen LogP contribution in [0.25, 0.3) is 0 Å². The smallest absolute Gasteiger partial charge is 0.220 e. The number of hydrogen-bond acceptors (Lipinski definition) is 3. The summed E-state index contributed by atoms with van der Waals surface area (Å²) >= 11 is 0. The maximum atomic E-state index is 12.3. The number of aliphatic hydroxyl groups excluding tert-OH is 2. The molecule has 0 radical (unpaired) electrons. The molecule has 4 heteroatoms. The Bertz CT molecular complexity index is 875. The number of nitrogens with one attached hydrogen (secondary N) is 1. The van der Waals surface area contributed by atoms with Crippen LogP contribution in [-0.4, -0.2) is 34.9 Å². The van der Waals surface area contributed by atoms with Crippen LogP contribution in [0.5, 0.6) is 0 Å². The molecular weight excluding hydrogens is 542 g/mol. The van der Waals surface area contributed by atoms with E-state index in [1.165, 1.54) is 38.5 Å². The molecule has 0 aliphatic carbocycles. The molecule has 1 amide bonds. The predicted octanol–water partition coefficient (Wildman–Crippen LogP) is 10.3. The molecule has 0 aromatic heterocycles. The Morgan fingerprint density at radius 2 is 1.02 bits per heavy atom. The zero-order valence-electron chi connectivity index (χ0n) is 28.1. The van der Waals surface area contributed by atoms with Gasteiger partial charge >= 0.3 is 0 Å². The van der Waals surface area contributed by atoms with Crippen LogP contribution in [-0.2, 0) is 4.79 Å². The molecule has 0 bridgehead atoms. The zero-order valence-corrected chi connectivity index (χ0v) is 28.1. The van der Waals surface area contributed by atoms with Crippen molar-refractivity contribution >= 4 is 5.91 Å². The molecule has 0 spiro atoms. The van der Waals surface area contributed by atoms with Crippen LogP contribution in [0.2, 0.25) is 0 Å². The van der Waals surface area contributed by atoms with Crippen molar-refractivity contribution in [3.05, 3.63) is 97.2 Å². The average molecular weight is 608 g/mol. The topological polar surface area (TPSA) is 69.6 Å². The lowest BCUT2D eigenvalue weighted by Crippen LogP contribution is -2.45. The van der Waals surface area contributed by atoms with E-state index in [2.05, 4.69) is 104 Å².